The van der Waals surface area contributed by atoms with E-state index in [-0.39, 0.29) is 12.2 Å². The molecule has 0 saturated carbocycles. The maximum atomic E-state index is 13.2. The van der Waals surface area contributed by atoms with Crippen LogP contribution >= 0.6 is 11.6 Å². The van der Waals surface area contributed by atoms with Gasteiger partial charge in [0.25, 0.3) is 0 Å². The van der Waals surface area contributed by atoms with Gasteiger partial charge in [-0.2, -0.15) is 0 Å². The molecular formula is C9H10ClFN2O. The zero-order valence-electron chi connectivity index (χ0n) is 7.63. The first-order valence-electron chi connectivity index (χ1n) is 3.95. The van der Waals surface area contributed by atoms with Crippen molar-refractivity contribution in [1.82, 2.24) is 0 Å². The van der Waals surface area contributed by atoms with Crippen molar-refractivity contribution in [3.05, 3.63) is 29.0 Å². The van der Waals surface area contributed by atoms with Crippen LogP contribution in [0.15, 0.2) is 18.2 Å². The highest BCUT2D eigenvalue weighted by Crippen LogP contribution is 2.22. The van der Waals surface area contributed by atoms with Crippen molar-refractivity contribution >= 4 is 23.2 Å². The fraction of sp³-hybridized carbons (Fsp3) is 0.222. The van der Waals surface area contributed by atoms with Gasteiger partial charge in [0.2, 0.25) is 5.91 Å². The lowest BCUT2D eigenvalue weighted by atomic mass is 10.3. The Balaban J connectivity index is 2.93. The number of rotatable bonds is 3. The molecule has 0 unspecified atom stereocenters. The fourth-order valence-corrected chi connectivity index (χ4v) is 1.26. The standard InChI is InChI=1S/C9H10ClFN2O/c1-13(5-9(12)14)8-4-6(10)2-3-7(8)11/h2-4H,5H2,1H3,(H2,12,14). The van der Waals surface area contributed by atoms with Crippen molar-refractivity contribution in [3.8, 4) is 0 Å². The van der Waals surface area contributed by atoms with Crippen LogP contribution in [0.25, 0.3) is 0 Å². The van der Waals surface area contributed by atoms with Crippen molar-refractivity contribution in [1.29, 1.82) is 0 Å². The summed E-state index contributed by atoms with van der Waals surface area (Å²) in [6.45, 7) is -0.0444. The number of benzene rings is 1. The van der Waals surface area contributed by atoms with Gasteiger partial charge in [0, 0.05) is 12.1 Å². The Bertz CT molecular complexity index is 357. The van der Waals surface area contributed by atoms with Gasteiger partial charge in [-0.3, -0.25) is 4.79 Å². The Labute approximate surface area is 86.3 Å². The molecule has 3 nitrogen and oxygen atoms in total. The van der Waals surface area contributed by atoms with Crippen LogP contribution < -0.4 is 10.6 Å². The molecule has 76 valence electrons. The molecule has 0 aliphatic carbocycles. The number of nitrogens with zero attached hydrogens (tertiary/aromatic N) is 1. The number of carbonyl (C=O) groups excluding carboxylic acids is 1. The molecule has 0 atom stereocenters. The molecule has 0 aliphatic heterocycles. The number of likely N-dealkylation sites (N-methyl/N-ethyl adjacent to an activating group) is 1. The van der Waals surface area contributed by atoms with Crippen LogP contribution in [0.2, 0.25) is 5.02 Å². The third kappa shape index (κ3) is 2.60. The van der Waals surface area contributed by atoms with E-state index in [4.69, 9.17) is 17.3 Å². The second kappa shape index (κ2) is 4.28. The third-order valence-corrected chi connectivity index (χ3v) is 1.95. The van der Waals surface area contributed by atoms with E-state index in [1.807, 2.05) is 0 Å². The average molecular weight is 217 g/mol. The highest BCUT2D eigenvalue weighted by molar-refractivity contribution is 6.30. The van der Waals surface area contributed by atoms with Gasteiger partial charge in [-0.15, -0.1) is 0 Å². The maximum Gasteiger partial charge on any atom is 0.236 e. The molecule has 0 bridgehead atoms. The first-order chi connectivity index (χ1) is 6.50. The van der Waals surface area contributed by atoms with Gasteiger partial charge in [-0.05, 0) is 18.2 Å². The van der Waals surface area contributed by atoms with Gasteiger partial charge in [0.15, 0.2) is 0 Å². The number of hydrogen-bond acceptors (Lipinski definition) is 2. The summed E-state index contributed by atoms with van der Waals surface area (Å²) in [5, 5.41) is 0.415. The molecule has 1 amide bonds. The fourth-order valence-electron chi connectivity index (χ4n) is 1.10. The normalized spacial score (nSPS) is 9.93. The minimum absolute atomic E-state index is 0.0444. The molecule has 0 saturated heterocycles. The topological polar surface area (TPSA) is 46.3 Å². The summed E-state index contributed by atoms with van der Waals surface area (Å²) >= 11 is 5.69. The molecule has 14 heavy (non-hydrogen) atoms. The van der Waals surface area contributed by atoms with E-state index in [1.165, 1.54) is 23.1 Å². The van der Waals surface area contributed by atoms with Crippen LogP contribution in [0.3, 0.4) is 0 Å². The summed E-state index contributed by atoms with van der Waals surface area (Å²) in [5.74, 6) is -0.954. The number of anilines is 1. The summed E-state index contributed by atoms with van der Waals surface area (Å²) in [6, 6.07) is 4.13. The number of primary amides is 1. The first kappa shape index (κ1) is 10.8. The van der Waals surface area contributed by atoms with Gasteiger partial charge in [0.05, 0.1) is 12.2 Å². The minimum Gasteiger partial charge on any atom is -0.368 e. The minimum atomic E-state index is -0.521. The number of hydrogen-bond donors (Lipinski definition) is 1. The second-order valence-electron chi connectivity index (χ2n) is 2.92. The lowest BCUT2D eigenvalue weighted by Gasteiger charge is -2.17. The molecule has 0 radical (unpaired) electrons. The molecule has 0 aromatic heterocycles. The molecule has 0 fully saturated rings. The molecule has 0 spiro atoms. The Morgan fingerprint density at radius 2 is 2.29 bits per heavy atom. The molecular weight excluding hydrogens is 207 g/mol. The molecule has 0 heterocycles. The molecule has 5 heteroatoms. The number of carbonyl (C=O) groups is 1. The Morgan fingerprint density at radius 3 is 2.86 bits per heavy atom. The van der Waals surface area contributed by atoms with Crippen molar-refractivity contribution < 1.29 is 9.18 Å². The van der Waals surface area contributed by atoms with Gasteiger partial charge in [-0.25, -0.2) is 4.39 Å². The number of halogens is 2. The van der Waals surface area contributed by atoms with E-state index in [2.05, 4.69) is 0 Å². The maximum absolute atomic E-state index is 13.2. The van der Waals surface area contributed by atoms with Crippen molar-refractivity contribution in [2.24, 2.45) is 5.73 Å². The van der Waals surface area contributed by atoms with E-state index in [0.29, 0.717) is 5.02 Å². The Hall–Kier alpha value is -1.29. The molecule has 1 rings (SSSR count). The van der Waals surface area contributed by atoms with E-state index in [1.54, 1.807) is 7.05 Å². The Morgan fingerprint density at radius 1 is 1.64 bits per heavy atom. The van der Waals surface area contributed by atoms with Gasteiger partial charge in [0.1, 0.15) is 5.82 Å². The van der Waals surface area contributed by atoms with Crippen LogP contribution in [0.1, 0.15) is 0 Å². The van der Waals surface area contributed by atoms with Crippen molar-refractivity contribution in [3.63, 3.8) is 0 Å². The predicted octanol–water partition coefficient (Wildman–Crippen LogP) is 1.40. The predicted molar refractivity (Wildman–Crippen MR) is 53.9 cm³/mol. The van der Waals surface area contributed by atoms with Crippen molar-refractivity contribution in [2.45, 2.75) is 0 Å². The lowest BCUT2D eigenvalue weighted by molar-refractivity contribution is -0.116. The molecule has 1 aromatic carbocycles. The molecule has 2 N–H and O–H groups in total. The van der Waals surface area contributed by atoms with Crippen LogP contribution in [-0.2, 0) is 4.79 Å². The van der Waals surface area contributed by atoms with Crippen LogP contribution in [0, 0.1) is 5.82 Å². The second-order valence-corrected chi connectivity index (χ2v) is 3.35. The quantitative estimate of drug-likeness (QED) is 0.830. The summed E-state index contributed by atoms with van der Waals surface area (Å²) in [6.07, 6.45) is 0. The average Bonchev–Trinajstić information content (AvgIpc) is 2.08. The number of amides is 1. The van der Waals surface area contributed by atoms with Crippen LogP contribution in [-0.4, -0.2) is 19.5 Å². The van der Waals surface area contributed by atoms with Crippen LogP contribution in [0.5, 0.6) is 0 Å². The largest absolute Gasteiger partial charge is 0.368 e. The van der Waals surface area contributed by atoms with Gasteiger partial charge in [-0.1, -0.05) is 11.6 Å². The highest BCUT2D eigenvalue weighted by Gasteiger charge is 2.09. The van der Waals surface area contributed by atoms with Crippen molar-refractivity contribution in [2.75, 3.05) is 18.5 Å². The molecule has 0 aliphatic rings. The van der Waals surface area contributed by atoms with E-state index in [0.717, 1.165) is 0 Å². The zero-order valence-corrected chi connectivity index (χ0v) is 8.38. The highest BCUT2D eigenvalue weighted by atomic mass is 35.5. The van der Waals surface area contributed by atoms with E-state index in [9.17, 15) is 9.18 Å². The van der Waals surface area contributed by atoms with E-state index >= 15 is 0 Å². The third-order valence-electron chi connectivity index (χ3n) is 1.71. The lowest BCUT2D eigenvalue weighted by Crippen LogP contribution is -2.31. The molecule has 1 aromatic rings. The van der Waals surface area contributed by atoms with Gasteiger partial charge >= 0.3 is 0 Å². The summed E-state index contributed by atoms with van der Waals surface area (Å²) in [7, 11) is 1.57. The summed E-state index contributed by atoms with van der Waals surface area (Å²) < 4.78 is 13.2. The van der Waals surface area contributed by atoms with E-state index < -0.39 is 11.7 Å². The number of nitrogens with two attached hydrogens (primary N) is 1. The first-order valence-corrected chi connectivity index (χ1v) is 4.33. The monoisotopic (exact) mass is 216 g/mol. The SMILES string of the molecule is CN(CC(N)=O)c1cc(Cl)ccc1F. The van der Waals surface area contributed by atoms with Gasteiger partial charge < -0.3 is 10.6 Å². The summed E-state index contributed by atoms with van der Waals surface area (Å²) in [4.78, 5) is 12.0. The Kier molecular flexibility index (Phi) is 3.30. The summed E-state index contributed by atoms with van der Waals surface area (Å²) in [5.41, 5.74) is 5.24. The zero-order chi connectivity index (χ0) is 10.7. The smallest absolute Gasteiger partial charge is 0.236 e. The van der Waals surface area contributed by atoms with Crippen LogP contribution in [0.4, 0.5) is 10.1 Å².